The Morgan fingerprint density at radius 3 is 1.75 bits per heavy atom. The topological polar surface area (TPSA) is 397 Å². The van der Waals surface area contributed by atoms with Gasteiger partial charge in [-0.15, -0.1) is 0 Å². The van der Waals surface area contributed by atoms with Gasteiger partial charge in [0.2, 0.25) is 11.8 Å². The van der Waals surface area contributed by atoms with Crippen molar-refractivity contribution in [1.29, 1.82) is 0 Å². The molecular weight excluding hydrogens is 910 g/mol. The van der Waals surface area contributed by atoms with Gasteiger partial charge in [0.05, 0.1) is 31.6 Å². The number of halogens is 1. The normalized spacial score (nSPS) is 16.0. The lowest BCUT2D eigenvalue weighted by atomic mass is 9.99. The molecule has 9 atom stereocenters. The van der Waals surface area contributed by atoms with Crippen LogP contribution in [0.25, 0.3) is 11.1 Å². The van der Waals surface area contributed by atoms with Gasteiger partial charge in [-0.05, 0) is 73.7 Å². The summed E-state index contributed by atoms with van der Waals surface area (Å²) in [6.45, 7) is -2.38. The van der Waals surface area contributed by atoms with Crippen molar-refractivity contribution in [3.63, 3.8) is 0 Å². The summed E-state index contributed by atoms with van der Waals surface area (Å²) >= 11 is 5.81. The fourth-order valence-electron chi connectivity index (χ4n) is 7.04. The molecule has 22 nitrogen and oxygen atoms in total. The maximum absolute atomic E-state index is 13.4. The number of carbonyl (C=O) groups is 3. The quantitative estimate of drug-likeness (QED) is 0.0164. The van der Waals surface area contributed by atoms with Crippen LogP contribution in [0.2, 0.25) is 5.15 Å². The van der Waals surface area contributed by atoms with Crippen LogP contribution >= 0.6 is 11.6 Å². The Labute approximate surface area is 399 Å². The maximum atomic E-state index is 13.4. The summed E-state index contributed by atoms with van der Waals surface area (Å²) in [6, 6.07) is 15.0. The van der Waals surface area contributed by atoms with Crippen molar-refractivity contribution in [2.75, 3.05) is 52.5 Å². The van der Waals surface area contributed by atoms with Gasteiger partial charge in [-0.2, -0.15) is 0 Å². The molecule has 0 saturated carbocycles. The van der Waals surface area contributed by atoms with Crippen LogP contribution in [0, 0.1) is 0 Å². The van der Waals surface area contributed by atoms with Gasteiger partial charge in [0.25, 0.3) is 5.91 Å². The first kappa shape index (κ1) is 57.5. The van der Waals surface area contributed by atoms with Crippen LogP contribution in [0.15, 0.2) is 59.7 Å². The highest BCUT2D eigenvalue weighted by Crippen LogP contribution is 2.22. The van der Waals surface area contributed by atoms with E-state index in [1.807, 2.05) is 36.4 Å². The van der Waals surface area contributed by atoms with Gasteiger partial charge in [0.1, 0.15) is 59.3 Å². The summed E-state index contributed by atoms with van der Waals surface area (Å²) in [6.07, 6.45) is -9.50. The number of hydrogen-bond acceptors (Lipinski definition) is 18. The molecule has 0 aliphatic carbocycles. The number of nitrogens with zero attached hydrogens (tertiary/aromatic N) is 4. The third-order valence-corrected chi connectivity index (χ3v) is 11.3. The number of carbonyl (C=O) groups excluding carboxylic acids is 3. The summed E-state index contributed by atoms with van der Waals surface area (Å²) in [4.78, 5) is 51.8. The highest BCUT2D eigenvalue weighted by molar-refractivity contribution is 6.29. The van der Waals surface area contributed by atoms with Gasteiger partial charge in [-0.25, -0.2) is 9.97 Å². The zero-order chi connectivity index (χ0) is 50.3. The molecule has 68 heavy (non-hydrogen) atoms. The van der Waals surface area contributed by atoms with Gasteiger partial charge >= 0.3 is 0 Å². The largest absolute Gasteiger partial charge is 0.394 e. The standard InChI is InChI=1S/C45H68ClN9O13/c46-35-21-52-37(38(54-35)44(49)67)43(48)50-18-4-2-5-26-7-12-28(13-8-26)29-14-9-27(10-15-29)11-16-36(62)53-30(6-1-3-17-47)45(68)51-19-20-55(22-31(58)39(63)41(65)33(60)24-56)23-32(59)40(64)42(66)34(61)25-57/h7-10,12-15,21,30-34,39-42,56-61,63-66H,1-6,11,16-20,22-25,47H2,(H2,48,50)(H2,49,67)(H,51,68)(H,53,62)/t30-,31-,32-,33+,34+,39+,40+,41+,42+/m0/s1. The predicted octanol–water partition coefficient (Wildman–Crippen LogP) is -3.54. The Kier molecular flexibility index (Phi) is 25.3. The summed E-state index contributed by atoms with van der Waals surface area (Å²) in [5, 5.41) is 105. The van der Waals surface area contributed by atoms with Crippen molar-refractivity contribution >= 4 is 35.2 Å². The van der Waals surface area contributed by atoms with E-state index in [1.165, 1.54) is 11.1 Å². The Morgan fingerprint density at radius 1 is 0.706 bits per heavy atom. The Hall–Kier alpha value is -4.79. The number of benzene rings is 2. The van der Waals surface area contributed by atoms with Crippen molar-refractivity contribution in [3.8, 4) is 11.1 Å². The van der Waals surface area contributed by atoms with Crippen molar-refractivity contribution in [1.82, 2.24) is 25.5 Å². The molecule has 1 aromatic heterocycles. The molecule has 0 aliphatic rings. The van der Waals surface area contributed by atoms with E-state index in [0.29, 0.717) is 32.4 Å². The number of aliphatic hydroxyl groups is 10. The zero-order valence-corrected chi connectivity index (χ0v) is 38.6. The second-order valence-electron chi connectivity index (χ2n) is 16.4. The maximum Gasteiger partial charge on any atom is 0.269 e. The SMILES string of the molecule is NCCCC[C@H](NC(=O)CCc1ccc(-c2ccc(CCCCN=C(N)c3ncc(Cl)nc3C(N)=O)cc2)cc1)C(=O)NCCN(C[C@H](O)[C@@H](O)[C@H](O)[C@H](O)CO)C[C@H](O)[C@@H](O)[C@H](O)[C@H](O)CO. The molecule has 3 amide bonds. The summed E-state index contributed by atoms with van der Waals surface area (Å²) in [5.74, 6) is -1.67. The van der Waals surface area contributed by atoms with Crippen molar-refractivity contribution < 1.29 is 65.4 Å². The van der Waals surface area contributed by atoms with Crippen LogP contribution in [-0.4, -0.2) is 197 Å². The molecule has 1 heterocycles. The number of aliphatic hydroxyl groups excluding tert-OH is 10. The molecule has 0 radical (unpaired) electrons. The Balaban J connectivity index is 1.53. The van der Waals surface area contributed by atoms with Crippen LogP contribution in [0.1, 0.15) is 65.8 Å². The van der Waals surface area contributed by atoms with E-state index < -0.39 is 93.0 Å². The molecular formula is C45H68ClN9O13. The number of aliphatic imine (C=N–C) groups is 1. The first-order valence-corrected chi connectivity index (χ1v) is 22.7. The summed E-state index contributed by atoms with van der Waals surface area (Å²) in [7, 11) is 0. The van der Waals surface area contributed by atoms with Crippen molar-refractivity contribution in [2.45, 2.75) is 106 Å². The molecule has 0 aliphatic heterocycles. The fraction of sp³-hybridized carbons (Fsp3) is 0.556. The van der Waals surface area contributed by atoms with Crippen LogP contribution in [0.3, 0.4) is 0 Å². The predicted molar refractivity (Wildman–Crippen MR) is 251 cm³/mol. The highest BCUT2D eigenvalue weighted by atomic mass is 35.5. The average molecular weight is 979 g/mol. The lowest BCUT2D eigenvalue weighted by molar-refractivity contribution is -0.131. The summed E-state index contributed by atoms with van der Waals surface area (Å²) < 4.78 is 0. The molecule has 0 fully saturated rings. The van der Waals surface area contributed by atoms with Crippen LogP contribution < -0.4 is 27.8 Å². The lowest BCUT2D eigenvalue weighted by Gasteiger charge is -2.33. The molecule has 3 rings (SSSR count). The van der Waals surface area contributed by atoms with Gasteiger partial charge in [0, 0.05) is 39.1 Å². The fourth-order valence-corrected chi connectivity index (χ4v) is 7.18. The molecule has 2 aromatic carbocycles. The van der Waals surface area contributed by atoms with E-state index in [1.54, 1.807) is 0 Å². The number of aryl methyl sites for hydroxylation is 2. The number of aromatic nitrogens is 2. The molecule has 18 N–H and O–H groups in total. The lowest BCUT2D eigenvalue weighted by Crippen LogP contribution is -2.54. The van der Waals surface area contributed by atoms with Crippen molar-refractivity contribution in [2.24, 2.45) is 22.2 Å². The molecule has 3 aromatic rings. The third kappa shape index (κ3) is 19.0. The first-order chi connectivity index (χ1) is 32.4. The number of hydrogen-bond donors (Lipinski definition) is 15. The van der Waals surface area contributed by atoms with E-state index in [4.69, 9.17) is 39.0 Å². The monoisotopic (exact) mass is 977 g/mol. The number of amidine groups is 1. The van der Waals surface area contributed by atoms with Gasteiger partial charge < -0.3 is 78.9 Å². The van der Waals surface area contributed by atoms with Crippen LogP contribution in [-0.2, 0) is 22.4 Å². The molecule has 0 saturated heterocycles. The smallest absolute Gasteiger partial charge is 0.269 e. The minimum atomic E-state index is -1.97. The highest BCUT2D eigenvalue weighted by Gasteiger charge is 2.34. The van der Waals surface area contributed by atoms with E-state index in [-0.39, 0.29) is 54.2 Å². The van der Waals surface area contributed by atoms with Gasteiger partial charge in [-0.3, -0.25) is 24.3 Å². The Bertz CT molecular complexity index is 1990. The molecule has 378 valence electrons. The zero-order valence-electron chi connectivity index (χ0n) is 37.8. The Morgan fingerprint density at radius 2 is 1.24 bits per heavy atom. The summed E-state index contributed by atoms with van der Waals surface area (Å²) in [5.41, 5.74) is 21.0. The van der Waals surface area contributed by atoms with Crippen LogP contribution in [0.4, 0.5) is 0 Å². The van der Waals surface area contributed by atoms with Crippen molar-refractivity contribution in [3.05, 3.63) is 82.4 Å². The van der Waals surface area contributed by atoms with E-state index in [0.717, 1.165) is 41.5 Å². The number of rotatable bonds is 32. The number of nitrogens with two attached hydrogens (primary N) is 3. The number of nitrogens with one attached hydrogen (secondary N) is 2. The first-order valence-electron chi connectivity index (χ1n) is 22.4. The van der Waals surface area contributed by atoms with Gasteiger partial charge in [0.15, 0.2) is 5.69 Å². The van der Waals surface area contributed by atoms with E-state index >= 15 is 0 Å². The van der Waals surface area contributed by atoms with Gasteiger partial charge in [-0.1, -0.05) is 60.1 Å². The number of unbranched alkanes of at least 4 members (excludes halogenated alkanes) is 2. The van der Waals surface area contributed by atoms with E-state index in [2.05, 4.69) is 37.7 Å². The second-order valence-corrected chi connectivity index (χ2v) is 16.8. The molecule has 0 spiro atoms. The molecule has 23 heteroatoms. The molecule has 0 bridgehead atoms. The molecule has 0 unspecified atom stereocenters. The minimum absolute atomic E-state index is 0.0188. The average Bonchev–Trinajstić information content (AvgIpc) is 3.33. The number of primary amides is 1. The second kappa shape index (κ2) is 30.0. The minimum Gasteiger partial charge on any atom is -0.394 e. The number of amides is 3. The van der Waals surface area contributed by atoms with Crippen LogP contribution in [0.5, 0.6) is 0 Å². The third-order valence-electron chi connectivity index (χ3n) is 11.1. The van der Waals surface area contributed by atoms with E-state index in [9.17, 15) is 55.2 Å².